The van der Waals surface area contributed by atoms with E-state index in [1.165, 1.54) is 0 Å². The Morgan fingerprint density at radius 1 is 1.61 bits per heavy atom. The predicted molar refractivity (Wildman–Crippen MR) is 73.1 cm³/mol. The number of benzene rings is 1. The van der Waals surface area contributed by atoms with Crippen molar-refractivity contribution in [2.24, 2.45) is 5.73 Å². The van der Waals surface area contributed by atoms with E-state index < -0.39 is 0 Å². The van der Waals surface area contributed by atoms with Crippen molar-refractivity contribution in [3.8, 4) is 0 Å². The lowest BCUT2D eigenvalue weighted by atomic mass is 10.1. The number of halogens is 1. The minimum atomic E-state index is -0.0325. The minimum absolute atomic E-state index is 0.0302. The van der Waals surface area contributed by atoms with Crippen LogP contribution in [0.15, 0.2) is 18.2 Å². The van der Waals surface area contributed by atoms with Gasteiger partial charge in [-0.05, 0) is 24.6 Å². The van der Waals surface area contributed by atoms with E-state index in [9.17, 15) is 5.11 Å². The SMILES string of the molecule is CC(N)c1ccc(N2CCOCC2CO)c(Cl)c1. The van der Waals surface area contributed by atoms with Crippen LogP contribution in [0, 0.1) is 0 Å². The first-order valence-corrected chi connectivity index (χ1v) is 6.51. The zero-order chi connectivity index (χ0) is 13.1. The zero-order valence-electron chi connectivity index (χ0n) is 10.5. The molecular formula is C13H19ClN2O2. The molecule has 1 aliphatic rings. The molecule has 0 saturated carbocycles. The van der Waals surface area contributed by atoms with Crippen LogP contribution in [0.1, 0.15) is 18.5 Å². The Kier molecular flexibility index (Phi) is 4.45. The summed E-state index contributed by atoms with van der Waals surface area (Å²) in [5, 5.41) is 10.0. The molecule has 1 aromatic rings. The molecule has 18 heavy (non-hydrogen) atoms. The van der Waals surface area contributed by atoms with Crippen LogP contribution in [0.4, 0.5) is 5.69 Å². The van der Waals surface area contributed by atoms with Gasteiger partial charge in [0.25, 0.3) is 0 Å². The second kappa shape index (κ2) is 5.89. The summed E-state index contributed by atoms with van der Waals surface area (Å²) in [6.07, 6.45) is 0. The summed E-state index contributed by atoms with van der Waals surface area (Å²) in [7, 11) is 0. The van der Waals surface area contributed by atoms with Crippen molar-refractivity contribution in [3.05, 3.63) is 28.8 Å². The average molecular weight is 271 g/mol. The van der Waals surface area contributed by atoms with Crippen LogP contribution in [0.2, 0.25) is 5.02 Å². The van der Waals surface area contributed by atoms with Crippen LogP contribution < -0.4 is 10.6 Å². The number of aliphatic hydroxyl groups is 1. The van der Waals surface area contributed by atoms with E-state index in [0.29, 0.717) is 18.2 Å². The topological polar surface area (TPSA) is 58.7 Å². The van der Waals surface area contributed by atoms with E-state index >= 15 is 0 Å². The summed E-state index contributed by atoms with van der Waals surface area (Å²) in [4.78, 5) is 2.09. The lowest BCUT2D eigenvalue weighted by Gasteiger charge is -2.37. The lowest BCUT2D eigenvalue weighted by molar-refractivity contribution is 0.0727. The minimum Gasteiger partial charge on any atom is -0.394 e. The molecule has 0 amide bonds. The third kappa shape index (κ3) is 2.78. The van der Waals surface area contributed by atoms with E-state index in [0.717, 1.165) is 17.8 Å². The predicted octanol–water partition coefficient (Wildman–Crippen LogP) is 1.56. The molecule has 5 heteroatoms. The molecule has 100 valence electrons. The molecule has 1 heterocycles. The normalized spacial score (nSPS) is 22.0. The monoisotopic (exact) mass is 270 g/mol. The van der Waals surface area contributed by atoms with Gasteiger partial charge in [-0.3, -0.25) is 0 Å². The fourth-order valence-corrected chi connectivity index (χ4v) is 2.46. The van der Waals surface area contributed by atoms with E-state index in [1.54, 1.807) is 0 Å². The first kappa shape index (κ1) is 13.6. The molecule has 1 fully saturated rings. The molecule has 1 saturated heterocycles. The third-order valence-corrected chi connectivity index (χ3v) is 3.55. The highest BCUT2D eigenvalue weighted by Gasteiger charge is 2.24. The van der Waals surface area contributed by atoms with Crippen molar-refractivity contribution in [2.45, 2.75) is 19.0 Å². The third-order valence-electron chi connectivity index (χ3n) is 3.25. The molecule has 1 aliphatic heterocycles. The van der Waals surface area contributed by atoms with Gasteiger partial charge in [-0.15, -0.1) is 0 Å². The molecule has 0 aliphatic carbocycles. The van der Waals surface area contributed by atoms with E-state index in [-0.39, 0.29) is 18.7 Å². The fourth-order valence-electron chi connectivity index (χ4n) is 2.16. The Labute approximate surface area is 112 Å². The van der Waals surface area contributed by atoms with Gasteiger partial charge in [0.15, 0.2) is 0 Å². The number of hydrogen-bond donors (Lipinski definition) is 2. The average Bonchev–Trinajstić information content (AvgIpc) is 2.38. The summed E-state index contributed by atoms with van der Waals surface area (Å²) < 4.78 is 5.36. The molecule has 0 spiro atoms. The second-order valence-corrected chi connectivity index (χ2v) is 5.01. The molecule has 2 unspecified atom stereocenters. The van der Waals surface area contributed by atoms with E-state index in [2.05, 4.69) is 4.90 Å². The van der Waals surface area contributed by atoms with Crippen molar-refractivity contribution in [2.75, 3.05) is 31.3 Å². The highest BCUT2D eigenvalue weighted by Crippen LogP contribution is 2.30. The molecule has 2 atom stereocenters. The molecule has 4 nitrogen and oxygen atoms in total. The summed E-state index contributed by atoms with van der Waals surface area (Å²) in [6, 6.07) is 5.78. The van der Waals surface area contributed by atoms with Crippen LogP contribution in [0.3, 0.4) is 0 Å². The van der Waals surface area contributed by atoms with Gasteiger partial charge in [-0.2, -0.15) is 0 Å². The van der Waals surface area contributed by atoms with Gasteiger partial charge in [0.05, 0.1) is 36.6 Å². The van der Waals surface area contributed by atoms with Crippen LogP contribution in [-0.2, 0) is 4.74 Å². The summed E-state index contributed by atoms with van der Waals surface area (Å²) in [5.74, 6) is 0. The van der Waals surface area contributed by atoms with Gasteiger partial charge in [-0.1, -0.05) is 17.7 Å². The lowest BCUT2D eigenvalue weighted by Crippen LogP contribution is -2.47. The summed E-state index contributed by atoms with van der Waals surface area (Å²) in [5.41, 5.74) is 7.78. The number of nitrogens with zero attached hydrogens (tertiary/aromatic N) is 1. The first-order valence-electron chi connectivity index (χ1n) is 6.13. The first-order chi connectivity index (χ1) is 8.63. The van der Waals surface area contributed by atoms with Gasteiger partial charge in [0, 0.05) is 12.6 Å². The quantitative estimate of drug-likeness (QED) is 0.875. The fraction of sp³-hybridized carbons (Fsp3) is 0.538. The van der Waals surface area contributed by atoms with Crippen LogP contribution in [0.25, 0.3) is 0 Å². The van der Waals surface area contributed by atoms with Crippen molar-refractivity contribution in [1.29, 1.82) is 0 Å². The molecular weight excluding hydrogens is 252 g/mol. The summed E-state index contributed by atoms with van der Waals surface area (Å²) >= 11 is 6.31. The molecule has 0 aromatic heterocycles. The van der Waals surface area contributed by atoms with Gasteiger partial charge in [0.2, 0.25) is 0 Å². The number of ether oxygens (including phenoxy) is 1. The van der Waals surface area contributed by atoms with Crippen molar-refractivity contribution >= 4 is 17.3 Å². The van der Waals surface area contributed by atoms with Crippen molar-refractivity contribution in [3.63, 3.8) is 0 Å². The number of hydrogen-bond acceptors (Lipinski definition) is 4. The van der Waals surface area contributed by atoms with Crippen LogP contribution in [0.5, 0.6) is 0 Å². The van der Waals surface area contributed by atoms with Gasteiger partial charge in [-0.25, -0.2) is 0 Å². The highest BCUT2D eigenvalue weighted by atomic mass is 35.5. The molecule has 0 radical (unpaired) electrons. The highest BCUT2D eigenvalue weighted by molar-refractivity contribution is 6.33. The molecule has 3 N–H and O–H groups in total. The number of morpholine rings is 1. The largest absolute Gasteiger partial charge is 0.394 e. The van der Waals surface area contributed by atoms with Gasteiger partial charge >= 0.3 is 0 Å². The Hall–Kier alpha value is -0.810. The van der Waals surface area contributed by atoms with Gasteiger partial charge in [0.1, 0.15) is 0 Å². The van der Waals surface area contributed by atoms with Crippen molar-refractivity contribution in [1.82, 2.24) is 0 Å². The Morgan fingerprint density at radius 3 is 3.00 bits per heavy atom. The van der Waals surface area contributed by atoms with Crippen LogP contribution >= 0.6 is 11.6 Å². The number of anilines is 1. The molecule has 1 aromatic carbocycles. The maximum absolute atomic E-state index is 9.37. The maximum atomic E-state index is 9.37. The number of nitrogens with two attached hydrogens (primary N) is 1. The zero-order valence-corrected chi connectivity index (χ0v) is 11.2. The Balaban J connectivity index is 2.26. The van der Waals surface area contributed by atoms with E-state index in [1.807, 2.05) is 25.1 Å². The summed E-state index contributed by atoms with van der Waals surface area (Å²) in [6.45, 7) is 3.91. The molecule has 0 bridgehead atoms. The van der Waals surface area contributed by atoms with Crippen LogP contribution in [-0.4, -0.2) is 37.5 Å². The molecule has 2 rings (SSSR count). The Morgan fingerprint density at radius 2 is 2.39 bits per heavy atom. The Bertz CT molecular complexity index is 412. The number of rotatable bonds is 3. The second-order valence-electron chi connectivity index (χ2n) is 4.60. The van der Waals surface area contributed by atoms with Gasteiger partial charge < -0.3 is 20.5 Å². The number of aliphatic hydroxyl groups excluding tert-OH is 1. The smallest absolute Gasteiger partial charge is 0.0756 e. The van der Waals surface area contributed by atoms with Crippen molar-refractivity contribution < 1.29 is 9.84 Å². The maximum Gasteiger partial charge on any atom is 0.0756 e. The van der Waals surface area contributed by atoms with E-state index in [4.69, 9.17) is 22.1 Å². The standard InChI is InChI=1S/C13H19ClN2O2/c1-9(15)10-2-3-13(12(14)6-10)16-4-5-18-8-11(16)7-17/h2-3,6,9,11,17H,4-5,7-8,15H2,1H3.